The first-order valence-corrected chi connectivity index (χ1v) is 7.98. The van der Waals surface area contributed by atoms with Gasteiger partial charge in [0, 0.05) is 6.04 Å². The molecule has 0 spiro atoms. The van der Waals surface area contributed by atoms with Gasteiger partial charge in [-0.2, -0.15) is 0 Å². The highest BCUT2D eigenvalue weighted by atomic mass is 14.9. The Kier molecular flexibility index (Phi) is 5.45. The molecule has 0 saturated heterocycles. The second-order valence-corrected chi connectivity index (χ2v) is 6.31. The number of aryl methyl sites for hydroxylation is 1. The highest BCUT2D eigenvalue weighted by molar-refractivity contribution is 5.26. The van der Waals surface area contributed by atoms with Crippen LogP contribution in [-0.4, -0.2) is 12.6 Å². The summed E-state index contributed by atoms with van der Waals surface area (Å²) in [6.45, 7) is 7.96. The van der Waals surface area contributed by atoms with E-state index in [0.29, 0.717) is 6.04 Å². The molecular formula is C18H29N. The lowest BCUT2D eigenvalue weighted by molar-refractivity contribution is 0.230. The largest absolute Gasteiger partial charge is 0.314 e. The van der Waals surface area contributed by atoms with Crippen LogP contribution in [0, 0.1) is 18.8 Å². The molecule has 106 valence electrons. The Morgan fingerprint density at radius 1 is 1.16 bits per heavy atom. The van der Waals surface area contributed by atoms with Crippen molar-refractivity contribution in [3.63, 3.8) is 0 Å². The molecule has 1 heteroatoms. The molecule has 1 nitrogen and oxygen atoms in total. The summed E-state index contributed by atoms with van der Waals surface area (Å²) in [6, 6.07) is 9.52. The molecule has 1 aromatic carbocycles. The lowest BCUT2D eigenvalue weighted by Crippen LogP contribution is -2.39. The third-order valence-electron chi connectivity index (χ3n) is 4.80. The van der Waals surface area contributed by atoms with Gasteiger partial charge in [0.05, 0.1) is 0 Å². The summed E-state index contributed by atoms with van der Waals surface area (Å²) in [4.78, 5) is 0. The number of rotatable bonds is 5. The van der Waals surface area contributed by atoms with Crippen molar-refractivity contribution >= 4 is 0 Å². The summed E-state index contributed by atoms with van der Waals surface area (Å²) in [7, 11) is 0. The molecule has 1 aliphatic carbocycles. The van der Waals surface area contributed by atoms with Crippen LogP contribution in [0.4, 0.5) is 0 Å². The Labute approximate surface area is 118 Å². The van der Waals surface area contributed by atoms with Crippen LogP contribution in [0.1, 0.15) is 50.7 Å². The van der Waals surface area contributed by atoms with E-state index < -0.39 is 0 Å². The van der Waals surface area contributed by atoms with Crippen molar-refractivity contribution in [1.29, 1.82) is 0 Å². The minimum atomic E-state index is 0.665. The van der Waals surface area contributed by atoms with E-state index in [2.05, 4.69) is 50.4 Å². The Hall–Kier alpha value is -0.820. The van der Waals surface area contributed by atoms with E-state index in [0.717, 1.165) is 18.4 Å². The van der Waals surface area contributed by atoms with E-state index in [-0.39, 0.29) is 0 Å². The van der Waals surface area contributed by atoms with Crippen molar-refractivity contribution in [2.75, 3.05) is 6.54 Å². The number of benzene rings is 1. The SMILES string of the molecule is CCNC(Cc1ccccc1C)C1CCC(C)CC1. The number of hydrogen-bond donors (Lipinski definition) is 1. The highest BCUT2D eigenvalue weighted by Crippen LogP contribution is 2.31. The van der Waals surface area contributed by atoms with Gasteiger partial charge in [0.15, 0.2) is 0 Å². The van der Waals surface area contributed by atoms with Gasteiger partial charge in [-0.3, -0.25) is 0 Å². The maximum Gasteiger partial charge on any atom is 0.0136 e. The molecule has 19 heavy (non-hydrogen) atoms. The third kappa shape index (κ3) is 4.07. The topological polar surface area (TPSA) is 12.0 Å². The zero-order chi connectivity index (χ0) is 13.7. The van der Waals surface area contributed by atoms with Crippen LogP contribution in [0.5, 0.6) is 0 Å². The standard InChI is InChI=1S/C18H29N/c1-4-19-18(16-11-9-14(2)10-12-16)13-17-8-6-5-7-15(17)3/h5-8,14,16,18-19H,4,9-13H2,1-3H3. The van der Waals surface area contributed by atoms with E-state index >= 15 is 0 Å². The normalized spacial score (nSPS) is 25.2. The maximum absolute atomic E-state index is 3.74. The van der Waals surface area contributed by atoms with Gasteiger partial charge in [-0.25, -0.2) is 0 Å². The fourth-order valence-corrected chi connectivity index (χ4v) is 3.43. The van der Waals surface area contributed by atoms with E-state index in [4.69, 9.17) is 0 Å². The Morgan fingerprint density at radius 2 is 1.84 bits per heavy atom. The van der Waals surface area contributed by atoms with Crippen molar-refractivity contribution in [1.82, 2.24) is 5.32 Å². The van der Waals surface area contributed by atoms with Crippen molar-refractivity contribution in [3.8, 4) is 0 Å². The van der Waals surface area contributed by atoms with E-state index in [1.807, 2.05) is 0 Å². The third-order valence-corrected chi connectivity index (χ3v) is 4.80. The predicted octanol–water partition coefficient (Wildman–Crippen LogP) is 4.34. The van der Waals surface area contributed by atoms with Crippen LogP contribution in [0.3, 0.4) is 0 Å². The Bertz CT molecular complexity index is 377. The first-order valence-electron chi connectivity index (χ1n) is 7.98. The van der Waals surface area contributed by atoms with Crippen molar-refractivity contribution < 1.29 is 0 Å². The van der Waals surface area contributed by atoms with Crippen LogP contribution in [0.15, 0.2) is 24.3 Å². The zero-order valence-corrected chi connectivity index (χ0v) is 12.8. The minimum absolute atomic E-state index is 0.665. The number of likely N-dealkylation sites (N-methyl/N-ethyl adjacent to an activating group) is 1. The van der Waals surface area contributed by atoms with Crippen molar-refractivity contribution in [3.05, 3.63) is 35.4 Å². The minimum Gasteiger partial charge on any atom is -0.314 e. The van der Waals surface area contributed by atoms with Gasteiger partial charge in [0.25, 0.3) is 0 Å². The van der Waals surface area contributed by atoms with Crippen LogP contribution in [0.2, 0.25) is 0 Å². The summed E-state index contributed by atoms with van der Waals surface area (Å²) >= 11 is 0. The molecule has 1 aromatic rings. The van der Waals surface area contributed by atoms with Gasteiger partial charge in [-0.15, -0.1) is 0 Å². The molecule has 1 saturated carbocycles. The predicted molar refractivity (Wildman–Crippen MR) is 83.5 cm³/mol. The Balaban J connectivity index is 2.02. The lowest BCUT2D eigenvalue weighted by Gasteiger charge is -2.33. The quantitative estimate of drug-likeness (QED) is 0.829. The van der Waals surface area contributed by atoms with E-state index in [9.17, 15) is 0 Å². The van der Waals surface area contributed by atoms with E-state index in [1.165, 1.54) is 43.2 Å². The molecule has 0 aromatic heterocycles. The molecule has 1 N–H and O–H groups in total. The lowest BCUT2D eigenvalue weighted by atomic mass is 9.77. The van der Waals surface area contributed by atoms with Gasteiger partial charge in [-0.1, -0.05) is 51.0 Å². The van der Waals surface area contributed by atoms with Gasteiger partial charge < -0.3 is 5.32 Å². The molecule has 0 heterocycles. The molecule has 0 aliphatic heterocycles. The first-order chi connectivity index (χ1) is 9.20. The summed E-state index contributed by atoms with van der Waals surface area (Å²) in [5, 5.41) is 3.74. The van der Waals surface area contributed by atoms with Gasteiger partial charge in [0.1, 0.15) is 0 Å². The molecule has 0 radical (unpaired) electrons. The van der Waals surface area contributed by atoms with Crippen LogP contribution >= 0.6 is 0 Å². The van der Waals surface area contributed by atoms with Gasteiger partial charge in [-0.05, 0) is 55.7 Å². The molecule has 1 unspecified atom stereocenters. The molecular weight excluding hydrogens is 230 g/mol. The van der Waals surface area contributed by atoms with E-state index in [1.54, 1.807) is 0 Å². The molecule has 1 atom stereocenters. The number of nitrogens with one attached hydrogen (secondary N) is 1. The molecule has 1 aliphatic rings. The molecule has 0 amide bonds. The molecule has 0 bridgehead atoms. The average Bonchev–Trinajstić information content (AvgIpc) is 2.42. The summed E-state index contributed by atoms with van der Waals surface area (Å²) < 4.78 is 0. The second-order valence-electron chi connectivity index (χ2n) is 6.31. The monoisotopic (exact) mass is 259 g/mol. The van der Waals surface area contributed by atoms with Crippen LogP contribution in [-0.2, 0) is 6.42 Å². The fraction of sp³-hybridized carbons (Fsp3) is 0.667. The summed E-state index contributed by atoms with van der Waals surface area (Å²) in [6.07, 6.45) is 6.84. The fourth-order valence-electron chi connectivity index (χ4n) is 3.43. The molecule has 2 rings (SSSR count). The zero-order valence-electron chi connectivity index (χ0n) is 12.8. The van der Waals surface area contributed by atoms with Crippen molar-refractivity contribution in [2.45, 2.75) is 58.9 Å². The second kappa shape index (κ2) is 7.09. The van der Waals surface area contributed by atoms with Gasteiger partial charge in [0.2, 0.25) is 0 Å². The van der Waals surface area contributed by atoms with Gasteiger partial charge >= 0.3 is 0 Å². The molecule has 1 fully saturated rings. The summed E-state index contributed by atoms with van der Waals surface area (Å²) in [5.74, 6) is 1.81. The summed E-state index contributed by atoms with van der Waals surface area (Å²) in [5.41, 5.74) is 2.96. The highest BCUT2D eigenvalue weighted by Gasteiger charge is 2.25. The van der Waals surface area contributed by atoms with Crippen LogP contribution in [0.25, 0.3) is 0 Å². The maximum atomic E-state index is 3.74. The number of hydrogen-bond acceptors (Lipinski definition) is 1. The smallest absolute Gasteiger partial charge is 0.0136 e. The van der Waals surface area contributed by atoms with Crippen molar-refractivity contribution in [2.24, 2.45) is 11.8 Å². The first kappa shape index (κ1) is 14.6. The Morgan fingerprint density at radius 3 is 2.47 bits per heavy atom. The van der Waals surface area contributed by atoms with Crippen LogP contribution < -0.4 is 5.32 Å². The average molecular weight is 259 g/mol.